The van der Waals surface area contributed by atoms with E-state index in [1.54, 1.807) is 11.3 Å². The van der Waals surface area contributed by atoms with E-state index in [0.29, 0.717) is 11.9 Å². The monoisotopic (exact) mass is 576 g/mol. The molecule has 6 nitrogen and oxygen atoms in total. The molecule has 152 valence electrons. The largest absolute Gasteiger partial charge is 0.371 e. The molecule has 0 bridgehead atoms. The zero-order valence-corrected chi connectivity index (χ0v) is 20.4. The summed E-state index contributed by atoms with van der Waals surface area (Å²) in [6, 6.07) is 8.51. The van der Waals surface area contributed by atoms with Gasteiger partial charge in [0.1, 0.15) is 0 Å². The lowest BCUT2D eigenvalue weighted by atomic mass is 10.1. The van der Waals surface area contributed by atoms with E-state index in [1.807, 2.05) is 11.6 Å². The first-order valence-corrected chi connectivity index (χ1v) is 11.1. The Labute approximate surface area is 196 Å². The van der Waals surface area contributed by atoms with Gasteiger partial charge in [0.15, 0.2) is 11.1 Å². The summed E-state index contributed by atoms with van der Waals surface area (Å²) in [4.78, 5) is 16.1. The van der Waals surface area contributed by atoms with Gasteiger partial charge in [-0.25, -0.2) is 4.98 Å². The normalized spacial score (nSPS) is 20.4. The maximum absolute atomic E-state index is 6.28. The van der Waals surface area contributed by atoms with Crippen LogP contribution in [-0.2, 0) is 0 Å². The fraction of sp³-hybridized carbons (Fsp3) is 0.474. The molecule has 1 unspecified atom stereocenters. The van der Waals surface area contributed by atoms with Crippen LogP contribution in [-0.4, -0.2) is 61.7 Å². The molecular weight excluding hydrogens is 551 g/mol. The van der Waals surface area contributed by atoms with Crippen LogP contribution >= 0.6 is 51.2 Å². The van der Waals surface area contributed by atoms with Gasteiger partial charge < -0.3 is 20.4 Å². The zero-order valence-electron chi connectivity index (χ0n) is 15.7. The van der Waals surface area contributed by atoms with Gasteiger partial charge in [0.2, 0.25) is 0 Å². The third-order valence-electron chi connectivity index (χ3n) is 5.26. The molecule has 2 fully saturated rings. The minimum Gasteiger partial charge on any atom is -0.371 e. The number of benzene rings is 1. The molecule has 2 saturated heterocycles. The van der Waals surface area contributed by atoms with Crippen LogP contribution in [0.5, 0.6) is 0 Å². The number of anilines is 2. The molecule has 2 aliphatic rings. The lowest BCUT2D eigenvalue weighted by molar-refractivity contribution is 0.379. The highest BCUT2D eigenvalue weighted by molar-refractivity contribution is 14.0. The summed E-state index contributed by atoms with van der Waals surface area (Å²) in [6.45, 7) is 6.65. The van der Waals surface area contributed by atoms with E-state index < -0.39 is 0 Å². The molecule has 0 spiro atoms. The Hall–Kier alpha value is -1.07. The molecule has 4 rings (SSSR count). The third-order valence-corrected chi connectivity index (χ3v) is 6.59. The van der Waals surface area contributed by atoms with Crippen molar-refractivity contribution in [2.75, 3.05) is 55.6 Å². The predicted molar refractivity (Wildman–Crippen MR) is 132 cm³/mol. The summed E-state index contributed by atoms with van der Waals surface area (Å²) in [5, 5.41) is 3.13. The van der Waals surface area contributed by atoms with E-state index in [2.05, 4.69) is 59.9 Å². The number of guanidine groups is 1. The molecule has 9 heteroatoms. The first kappa shape index (κ1) is 21.6. The van der Waals surface area contributed by atoms with Crippen molar-refractivity contribution in [3.8, 4) is 0 Å². The minimum absolute atomic E-state index is 0. The predicted octanol–water partition coefficient (Wildman–Crippen LogP) is 3.49. The van der Waals surface area contributed by atoms with Gasteiger partial charge in [0, 0.05) is 67.6 Å². The molecule has 2 aromatic rings. The second-order valence-corrected chi connectivity index (χ2v) is 8.86. The number of halogens is 2. The molecule has 0 amide bonds. The molecule has 0 radical (unpaired) electrons. The van der Waals surface area contributed by atoms with Crippen LogP contribution in [0.3, 0.4) is 0 Å². The zero-order chi connectivity index (χ0) is 18.6. The molecule has 1 aromatic carbocycles. The maximum atomic E-state index is 6.28. The molecule has 0 aliphatic carbocycles. The number of hydrogen-bond donors (Lipinski definition) is 1. The Morgan fingerprint density at radius 2 is 2.04 bits per heavy atom. The van der Waals surface area contributed by atoms with Crippen LogP contribution in [0.15, 0.2) is 45.3 Å². The smallest absolute Gasteiger partial charge is 0.191 e. The van der Waals surface area contributed by atoms with E-state index in [-0.39, 0.29) is 24.0 Å². The summed E-state index contributed by atoms with van der Waals surface area (Å²) in [6.07, 6.45) is 3.03. The van der Waals surface area contributed by atoms with Crippen molar-refractivity contribution in [2.24, 2.45) is 16.6 Å². The first-order chi connectivity index (χ1) is 13.2. The molecule has 1 aromatic heterocycles. The summed E-state index contributed by atoms with van der Waals surface area (Å²) in [5.41, 5.74) is 7.56. The summed E-state index contributed by atoms with van der Waals surface area (Å²) in [7, 11) is 0. The molecule has 1 atom stereocenters. The average molecular weight is 577 g/mol. The topological polar surface area (TPSA) is 61.0 Å². The molecule has 3 heterocycles. The van der Waals surface area contributed by atoms with Crippen LogP contribution in [0, 0.1) is 5.92 Å². The Kier molecular flexibility index (Phi) is 7.81. The van der Waals surface area contributed by atoms with Crippen LogP contribution < -0.4 is 15.5 Å². The van der Waals surface area contributed by atoms with Gasteiger partial charge in [-0.3, -0.25) is 4.99 Å². The number of nitrogens with two attached hydrogens (primary N) is 1. The van der Waals surface area contributed by atoms with E-state index in [9.17, 15) is 0 Å². The number of aliphatic imine (C=N–C) groups is 1. The molecule has 2 N–H and O–H groups in total. The van der Waals surface area contributed by atoms with Crippen molar-refractivity contribution >= 4 is 68.0 Å². The average Bonchev–Trinajstić information content (AvgIpc) is 3.38. The van der Waals surface area contributed by atoms with Gasteiger partial charge >= 0.3 is 0 Å². The molecular formula is C19H26BrIN6S. The van der Waals surface area contributed by atoms with E-state index in [4.69, 9.17) is 10.7 Å². The van der Waals surface area contributed by atoms with Crippen molar-refractivity contribution < 1.29 is 0 Å². The number of hydrogen-bond acceptors (Lipinski definition) is 5. The second kappa shape index (κ2) is 10.1. The lowest BCUT2D eigenvalue weighted by Gasteiger charge is -2.35. The van der Waals surface area contributed by atoms with Crippen LogP contribution in [0.25, 0.3) is 0 Å². The summed E-state index contributed by atoms with van der Waals surface area (Å²) in [5.74, 6) is 1.26. The van der Waals surface area contributed by atoms with Crippen molar-refractivity contribution in [2.45, 2.75) is 6.42 Å². The Balaban J connectivity index is 0.00000225. The summed E-state index contributed by atoms with van der Waals surface area (Å²) >= 11 is 5.25. The van der Waals surface area contributed by atoms with E-state index in [1.165, 1.54) is 12.1 Å². The van der Waals surface area contributed by atoms with E-state index >= 15 is 0 Å². The minimum atomic E-state index is 0. The van der Waals surface area contributed by atoms with E-state index in [0.717, 1.165) is 55.4 Å². The first-order valence-electron chi connectivity index (χ1n) is 9.39. The summed E-state index contributed by atoms with van der Waals surface area (Å²) < 4.78 is 1.13. The highest BCUT2D eigenvalue weighted by Gasteiger charge is 2.24. The second-order valence-electron chi connectivity index (χ2n) is 7.07. The van der Waals surface area contributed by atoms with Crippen LogP contribution in [0.4, 0.5) is 10.8 Å². The third kappa shape index (κ3) is 5.29. The molecule has 2 aliphatic heterocycles. The Bertz CT molecular complexity index is 778. The van der Waals surface area contributed by atoms with Gasteiger partial charge in [-0.05, 0) is 30.5 Å². The van der Waals surface area contributed by atoms with Crippen LogP contribution in [0.1, 0.15) is 6.42 Å². The lowest BCUT2D eigenvalue weighted by Crippen LogP contribution is -2.51. The number of nitrogens with zero attached hydrogens (tertiary/aromatic N) is 5. The number of thiazole rings is 1. The van der Waals surface area contributed by atoms with Crippen LogP contribution in [0.2, 0.25) is 0 Å². The van der Waals surface area contributed by atoms with Gasteiger partial charge in [0.25, 0.3) is 0 Å². The van der Waals surface area contributed by atoms with Gasteiger partial charge in [-0.2, -0.15) is 0 Å². The van der Waals surface area contributed by atoms with Crippen molar-refractivity contribution in [1.82, 2.24) is 9.88 Å². The standard InChI is InChI=1S/C19H25BrN6S.HI/c20-16-2-1-3-17(12-16)26-6-4-15(14-26)13-23-18(21)24-7-9-25(10-8-24)19-22-5-11-27-19;/h1-3,5,11-12,15H,4,6-10,13-14H2,(H2,21,23);1H. The quantitative estimate of drug-likeness (QED) is 0.343. The number of aromatic nitrogens is 1. The molecule has 0 saturated carbocycles. The highest BCUT2D eigenvalue weighted by atomic mass is 127. The Morgan fingerprint density at radius 3 is 2.75 bits per heavy atom. The van der Waals surface area contributed by atoms with Gasteiger partial charge in [-0.1, -0.05) is 22.0 Å². The SMILES string of the molecule is I.NC(=NCC1CCN(c2cccc(Br)c2)C1)N1CCN(c2nccs2)CC1. The van der Waals surface area contributed by atoms with Crippen molar-refractivity contribution in [3.05, 3.63) is 40.3 Å². The Morgan fingerprint density at radius 1 is 1.21 bits per heavy atom. The molecule has 28 heavy (non-hydrogen) atoms. The fourth-order valence-electron chi connectivity index (χ4n) is 3.71. The van der Waals surface area contributed by atoms with Crippen molar-refractivity contribution in [1.29, 1.82) is 0 Å². The maximum Gasteiger partial charge on any atom is 0.191 e. The van der Waals surface area contributed by atoms with Gasteiger partial charge in [-0.15, -0.1) is 35.3 Å². The number of rotatable bonds is 4. The highest BCUT2D eigenvalue weighted by Crippen LogP contribution is 2.26. The van der Waals surface area contributed by atoms with Gasteiger partial charge in [0.05, 0.1) is 0 Å². The van der Waals surface area contributed by atoms with Crippen molar-refractivity contribution in [3.63, 3.8) is 0 Å². The number of piperazine rings is 1. The fourth-order valence-corrected chi connectivity index (χ4v) is 4.79.